The predicted molar refractivity (Wildman–Crippen MR) is 126 cm³/mol. The van der Waals surface area contributed by atoms with E-state index in [1.54, 1.807) is 13.0 Å². The van der Waals surface area contributed by atoms with Gasteiger partial charge in [0.25, 0.3) is 5.91 Å². The minimum atomic E-state index is -3.66. The number of aryl methyl sites for hydroxylation is 3. The van der Waals surface area contributed by atoms with Gasteiger partial charge in [0, 0.05) is 30.7 Å². The molecule has 2 aromatic carbocycles. The van der Waals surface area contributed by atoms with Crippen molar-refractivity contribution in [1.29, 1.82) is 0 Å². The molecule has 0 saturated carbocycles. The molecule has 1 N–H and O–H groups in total. The summed E-state index contributed by atoms with van der Waals surface area (Å²) in [7, 11) is -0.794. The number of benzene rings is 2. The van der Waals surface area contributed by atoms with Gasteiger partial charge in [-0.3, -0.25) is 9.59 Å². The molecule has 1 heterocycles. The van der Waals surface area contributed by atoms with Crippen LogP contribution in [0.1, 0.15) is 29.2 Å². The Labute approximate surface area is 193 Å². The van der Waals surface area contributed by atoms with E-state index in [-0.39, 0.29) is 11.3 Å². The minimum absolute atomic E-state index is 0.0390. The maximum Gasteiger partial charge on any atom is 0.311 e. The SMILES string of the molecule is Cc1cc2occ(CC(=O)OC(C)C(=O)Nc3cc(S(=O)(=O)N(C)C)ccc3C)c2cc1C. The van der Waals surface area contributed by atoms with Crippen LogP contribution in [0.2, 0.25) is 0 Å². The number of rotatable bonds is 7. The van der Waals surface area contributed by atoms with E-state index >= 15 is 0 Å². The Morgan fingerprint density at radius 3 is 2.39 bits per heavy atom. The van der Waals surface area contributed by atoms with E-state index < -0.39 is 28.0 Å². The predicted octanol–water partition coefficient (Wildman–Crippen LogP) is 3.72. The molecule has 176 valence electrons. The van der Waals surface area contributed by atoms with Crippen molar-refractivity contribution >= 4 is 38.6 Å². The van der Waals surface area contributed by atoms with E-state index in [0.29, 0.717) is 22.4 Å². The zero-order valence-corrected chi connectivity index (χ0v) is 20.4. The van der Waals surface area contributed by atoms with Crippen LogP contribution in [0.15, 0.2) is 45.9 Å². The molecule has 8 nitrogen and oxygen atoms in total. The summed E-state index contributed by atoms with van der Waals surface area (Å²) < 4.78 is 36.7. The lowest BCUT2D eigenvalue weighted by molar-refractivity contribution is -0.152. The van der Waals surface area contributed by atoms with Crippen LogP contribution in [0, 0.1) is 20.8 Å². The Morgan fingerprint density at radius 2 is 1.73 bits per heavy atom. The highest BCUT2D eigenvalue weighted by Gasteiger charge is 2.22. The fourth-order valence-electron chi connectivity index (χ4n) is 3.26. The van der Waals surface area contributed by atoms with Crippen LogP contribution in [0.4, 0.5) is 5.69 Å². The highest BCUT2D eigenvalue weighted by molar-refractivity contribution is 7.89. The standard InChI is InChI=1S/C24H28N2O6S/c1-14-7-8-19(33(29,30)26(5)6)12-21(14)25-24(28)17(4)32-23(27)11-18-13-31-22-10-16(3)15(2)9-20(18)22/h7-10,12-13,17H,11H2,1-6H3,(H,25,28). The molecule has 0 aliphatic heterocycles. The quantitative estimate of drug-likeness (QED) is 0.526. The molecule has 33 heavy (non-hydrogen) atoms. The van der Waals surface area contributed by atoms with Gasteiger partial charge >= 0.3 is 5.97 Å². The first-order chi connectivity index (χ1) is 15.4. The summed E-state index contributed by atoms with van der Waals surface area (Å²) in [6.07, 6.45) is 0.409. The number of esters is 1. The number of hydrogen-bond acceptors (Lipinski definition) is 6. The molecule has 0 radical (unpaired) electrons. The number of nitrogens with one attached hydrogen (secondary N) is 1. The Morgan fingerprint density at radius 1 is 1.06 bits per heavy atom. The first-order valence-corrected chi connectivity index (χ1v) is 11.8. The second-order valence-corrected chi connectivity index (χ2v) is 10.4. The maximum absolute atomic E-state index is 12.6. The summed E-state index contributed by atoms with van der Waals surface area (Å²) in [6, 6.07) is 8.35. The zero-order valence-electron chi connectivity index (χ0n) is 19.6. The fourth-order valence-corrected chi connectivity index (χ4v) is 4.19. The van der Waals surface area contributed by atoms with E-state index in [2.05, 4.69) is 5.32 Å². The van der Waals surface area contributed by atoms with Gasteiger partial charge in [0.15, 0.2) is 6.10 Å². The van der Waals surface area contributed by atoms with Crippen molar-refractivity contribution < 1.29 is 27.2 Å². The molecule has 1 unspecified atom stereocenters. The van der Waals surface area contributed by atoms with Gasteiger partial charge < -0.3 is 14.5 Å². The molecule has 1 amide bonds. The highest BCUT2D eigenvalue weighted by atomic mass is 32.2. The molecule has 0 aliphatic carbocycles. The van der Waals surface area contributed by atoms with Crippen LogP contribution in [-0.2, 0) is 30.8 Å². The van der Waals surface area contributed by atoms with Crippen LogP contribution >= 0.6 is 0 Å². The van der Waals surface area contributed by atoms with Crippen LogP contribution in [0.25, 0.3) is 11.0 Å². The van der Waals surface area contributed by atoms with Crippen molar-refractivity contribution in [2.75, 3.05) is 19.4 Å². The lowest BCUT2D eigenvalue weighted by Gasteiger charge is -2.17. The van der Waals surface area contributed by atoms with E-state index in [1.165, 1.54) is 39.4 Å². The van der Waals surface area contributed by atoms with E-state index in [4.69, 9.17) is 9.15 Å². The molecule has 3 rings (SSSR count). The van der Waals surface area contributed by atoms with Crippen molar-refractivity contribution in [3.8, 4) is 0 Å². The Balaban J connectivity index is 1.69. The van der Waals surface area contributed by atoms with Crippen molar-refractivity contribution in [2.45, 2.75) is 45.1 Å². The van der Waals surface area contributed by atoms with Gasteiger partial charge in [-0.1, -0.05) is 6.07 Å². The van der Waals surface area contributed by atoms with Gasteiger partial charge in [-0.15, -0.1) is 0 Å². The lowest BCUT2D eigenvalue weighted by Crippen LogP contribution is -2.31. The van der Waals surface area contributed by atoms with Crippen LogP contribution in [-0.4, -0.2) is 44.8 Å². The molecule has 3 aromatic rings. The third-order valence-corrected chi connectivity index (χ3v) is 7.34. The van der Waals surface area contributed by atoms with Gasteiger partial charge in [-0.25, -0.2) is 12.7 Å². The largest absolute Gasteiger partial charge is 0.464 e. The first kappa shape index (κ1) is 24.5. The van der Waals surface area contributed by atoms with Crippen molar-refractivity contribution in [3.63, 3.8) is 0 Å². The summed E-state index contributed by atoms with van der Waals surface area (Å²) in [4.78, 5) is 25.1. The highest BCUT2D eigenvalue weighted by Crippen LogP contribution is 2.26. The Kier molecular flexibility index (Phi) is 6.94. The van der Waals surface area contributed by atoms with E-state index in [0.717, 1.165) is 20.8 Å². The van der Waals surface area contributed by atoms with Crippen molar-refractivity contribution in [2.24, 2.45) is 0 Å². The number of amides is 1. The summed E-state index contributed by atoms with van der Waals surface area (Å²) in [5, 5.41) is 3.49. The number of fused-ring (bicyclic) bond motifs is 1. The first-order valence-electron chi connectivity index (χ1n) is 10.4. The van der Waals surface area contributed by atoms with Gasteiger partial charge in [-0.05, 0) is 68.7 Å². The second kappa shape index (κ2) is 9.36. The average Bonchev–Trinajstić information content (AvgIpc) is 3.10. The number of carbonyl (C=O) groups excluding carboxylic acids is 2. The van der Waals surface area contributed by atoms with Crippen LogP contribution in [0.3, 0.4) is 0 Å². The normalized spacial score (nSPS) is 12.7. The molecule has 0 spiro atoms. The maximum atomic E-state index is 12.6. The third-order valence-electron chi connectivity index (χ3n) is 5.53. The number of ether oxygens (including phenoxy) is 1. The molecule has 1 atom stereocenters. The van der Waals surface area contributed by atoms with Crippen molar-refractivity contribution in [1.82, 2.24) is 4.31 Å². The second-order valence-electron chi connectivity index (χ2n) is 8.26. The number of anilines is 1. The molecule has 0 aliphatic rings. The summed E-state index contributed by atoms with van der Waals surface area (Å²) in [6.45, 7) is 7.17. The molecule has 9 heteroatoms. The van der Waals surface area contributed by atoms with Gasteiger partial charge in [0.2, 0.25) is 10.0 Å². The van der Waals surface area contributed by atoms with Crippen LogP contribution < -0.4 is 5.32 Å². The number of carbonyl (C=O) groups is 2. The van der Waals surface area contributed by atoms with Crippen molar-refractivity contribution in [3.05, 3.63) is 58.8 Å². The van der Waals surface area contributed by atoms with E-state index in [9.17, 15) is 18.0 Å². The average molecular weight is 473 g/mol. The third kappa shape index (κ3) is 5.26. The molecule has 0 fully saturated rings. The topological polar surface area (TPSA) is 106 Å². The molecule has 0 saturated heterocycles. The zero-order chi connectivity index (χ0) is 24.5. The van der Waals surface area contributed by atoms with Gasteiger partial charge in [0.05, 0.1) is 17.6 Å². The van der Waals surface area contributed by atoms with Crippen LogP contribution in [0.5, 0.6) is 0 Å². The molecular weight excluding hydrogens is 444 g/mol. The number of furan rings is 1. The molecule has 0 bridgehead atoms. The fraction of sp³-hybridized carbons (Fsp3) is 0.333. The number of hydrogen-bond donors (Lipinski definition) is 1. The Bertz CT molecular complexity index is 1320. The summed E-state index contributed by atoms with van der Waals surface area (Å²) >= 11 is 0. The number of sulfonamides is 1. The Hall–Kier alpha value is -3.17. The monoisotopic (exact) mass is 472 g/mol. The van der Waals surface area contributed by atoms with E-state index in [1.807, 2.05) is 26.0 Å². The van der Waals surface area contributed by atoms with Gasteiger partial charge in [-0.2, -0.15) is 0 Å². The summed E-state index contributed by atoms with van der Waals surface area (Å²) in [5.41, 5.74) is 4.56. The summed E-state index contributed by atoms with van der Waals surface area (Å²) in [5.74, 6) is -1.13. The van der Waals surface area contributed by atoms with Gasteiger partial charge in [0.1, 0.15) is 5.58 Å². The minimum Gasteiger partial charge on any atom is -0.464 e. The number of nitrogens with zero attached hydrogens (tertiary/aromatic N) is 1. The molecular formula is C24H28N2O6S. The smallest absolute Gasteiger partial charge is 0.311 e. The lowest BCUT2D eigenvalue weighted by atomic mass is 10.0. The molecule has 1 aromatic heterocycles.